The Balaban J connectivity index is 1.68. The topological polar surface area (TPSA) is 70.9 Å². The molecule has 2 aliphatic rings. The molecule has 5 nitrogen and oxygen atoms in total. The fraction of sp³-hybridized carbons (Fsp3) is 0.500. The van der Waals surface area contributed by atoms with Gasteiger partial charge in [-0.2, -0.15) is 0 Å². The van der Waals surface area contributed by atoms with Crippen molar-refractivity contribution in [3.8, 4) is 5.75 Å². The van der Waals surface area contributed by atoms with Crippen LogP contribution < -0.4 is 10.1 Å². The number of rotatable bonds is 4. The van der Waals surface area contributed by atoms with Gasteiger partial charge < -0.3 is 15.2 Å². The minimum absolute atomic E-state index is 0.171. The molecule has 0 bridgehead atoms. The number of nitrogens with one attached hydrogen (secondary N) is 1. The summed E-state index contributed by atoms with van der Waals surface area (Å²) < 4.78 is 5.36. The Morgan fingerprint density at radius 2 is 2.24 bits per heavy atom. The van der Waals surface area contributed by atoms with E-state index in [-0.39, 0.29) is 18.0 Å². The number of hydrogen-bond acceptors (Lipinski definition) is 4. The third-order valence-corrected chi connectivity index (χ3v) is 4.39. The minimum atomic E-state index is -0.687. The molecular formula is C16H20N2O3. The first-order valence-corrected chi connectivity index (χ1v) is 7.35. The molecule has 1 fully saturated rings. The number of carbonyl (C=O) groups is 1. The van der Waals surface area contributed by atoms with Gasteiger partial charge >= 0.3 is 5.97 Å². The predicted octanol–water partition coefficient (Wildman–Crippen LogP) is 1.86. The molecule has 0 radical (unpaired) electrons. The first-order chi connectivity index (χ1) is 10.2. The Kier molecular flexibility index (Phi) is 3.82. The highest BCUT2D eigenvalue weighted by molar-refractivity contribution is 5.87. The molecule has 1 saturated carbocycles. The van der Waals surface area contributed by atoms with Gasteiger partial charge in [-0.1, -0.05) is 18.2 Å². The van der Waals surface area contributed by atoms with E-state index in [1.807, 2.05) is 24.3 Å². The van der Waals surface area contributed by atoms with E-state index in [2.05, 4.69) is 5.32 Å². The quantitative estimate of drug-likeness (QED) is 0.887. The normalized spacial score (nSPS) is 27.5. The second-order valence-corrected chi connectivity index (χ2v) is 5.73. The van der Waals surface area contributed by atoms with Crippen LogP contribution in [0.25, 0.3) is 0 Å². The summed E-state index contributed by atoms with van der Waals surface area (Å²) in [5.41, 5.74) is 1.10. The highest BCUT2D eigenvalue weighted by atomic mass is 16.5. The first-order valence-electron chi connectivity index (χ1n) is 7.35. The van der Waals surface area contributed by atoms with Crippen molar-refractivity contribution < 1.29 is 14.6 Å². The fourth-order valence-corrected chi connectivity index (χ4v) is 3.27. The average Bonchev–Trinajstić information content (AvgIpc) is 2.89. The van der Waals surface area contributed by atoms with Crippen LogP contribution in [0.1, 0.15) is 24.8 Å². The zero-order chi connectivity index (χ0) is 14.8. The number of benzene rings is 1. The van der Waals surface area contributed by atoms with Gasteiger partial charge in [0.1, 0.15) is 11.6 Å². The molecule has 1 heterocycles. The average molecular weight is 288 g/mol. The first kappa shape index (κ1) is 13.9. The molecule has 0 spiro atoms. The third-order valence-electron chi connectivity index (χ3n) is 4.39. The lowest BCUT2D eigenvalue weighted by Gasteiger charge is -2.28. The molecule has 3 atom stereocenters. The Morgan fingerprint density at radius 3 is 3.00 bits per heavy atom. The molecule has 1 aromatic rings. The monoisotopic (exact) mass is 288 g/mol. The van der Waals surface area contributed by atoms with Gasteiger partial charge in [-0.3, -0.25) is 9.79 Å². The predicted molar refractivity (Wildman–Crippen MR) is 79.8 cm³/mol. The summed E-state index contributed by atoms with van der Waals surface area (Å²) in [6.07, 6.45) is 2.95. The van der Waals surface area contributed by atoms with Crippen LogP contribution in [0, 0.1) is 5.92 Å². The van der Waals surface area contributed by atoms with Gasteiger partial charge in [0.2, 0.25) is 0 Å². The van der Waals surface area contributed by atoms with Gasteiger partial charge in [0, 0.05) is 12.0 Å². The van der Waals surface area contributed by atoms with Gasteiger partial charge in [-0.15, -0.1) is 0 Å². The zero-order valence-corrected chi connectivity index (χ0v) is 12.1. The van der Waals surface area contributed by atoms with E-state index in [0.29, 0.717) is 12.8 Å². The van der Waals surface area contributed by atoms with E-state index < -0.39 is 5.97 Å². The number of methoxy groups -OCH3 is 1. The number of carboxylic acids is 1. The van der Waals surface area contributed by atoms with Crippen LogP contribution >= 0.6 is 0 Å². The van der Waals surface area contributed by atoms with Crippen molar-refractivity contribution in [1.29, 1.82) is 0 Å². The van der Waals surface area contributed by atoms with Crippen LogP contribution in [0.2, 0.25) is 0 Å². The van der Waals surface area contributed by atoms with E-state index in [9.17, 15) is 4.79 Å². The molecular weight excluding hydrogens is 268 g/mol. The molecule has 1 aliphatic carbocycles. The number of ether oxygens (including phenoxy) is 1. The van der Waals surface area contributed by atoms with Gasteiger partial charge in [-0.05, 0) is 25.3 Å². The Morgan fingerprint density at radius 1 is 1.43 bits per heavy atom. The summed E-state index contributed by atoms with van der Waals surface area (Å²) in [6, 6.07) is 8.31. The smallest absolute Gasteiger partial charge is 0.306 e. The Hall–Kier alpha value is -2.04. The molecule has 21 heavy (non-hydrogen) atoms. The molecule has 112 valence electrons. The van der Waals surface area contributed by atoms with Crippen molar-refractivity contribution in [2.75, 3.05) is 7.11 Å². The summed E-state index contributed by atoms with van der Waals surface area (Å²) in [7, 11) is 1.67. The van der Waals surface area contributed by atoms with E-state index in [0.717, 1.165) is 30.0 Å². The maximum atomic E-state index is 11.1. The van der Waals surface area contributed by atoms with Crippen molar-refractivity contribution in [3.63, 3.8) is 0 Å². The maximum Gasteiger partial charge on any atom is 0.306 e. The lowest BCUT2D eigenvalue weighted by atomic mass is 9.83. The van der Waals surface area contributed by atoms with Crippen molar-refractivity contribution in [2.45, 2.75) is 37.8 Å². The number of nitrogens with zero attached hydrogens (tertiary/aromatic N) is 1. The molecule has 3 unspecified atom stereocenters. The molecule has 1 aliphatic heterocycles. The fourth-order valence-electron chi connectivity index (χ4n) is 3.27. The van der Waals surface area contributed by atoms with Crippen molar-refractivity contribution in [3.05, 3.63) is 29.8 Å². The van der Waals surface area contributed by atoms with E-state index in [1.165, 1.54) is 0 Å². The number of aliphatic carboxylic acids is 1. The molecule has 2 N–H and O–H groups in total. The van der Waals surface area contributed by atoms with Crippen LogP contribution in [0.3, 0.4) is 0 Å². The van der Waals surface area contributed by atoms with E-state index in [1.54, 1.807) is 7.11 Å². The summed E-state index contributed by atoms with van der Waals surface area (Å²) in [4.78, 5) is 15.8. The number of fused-ring (bicyclic) bond motifs is 1. The third kappa shape index (κ3) is 2.86. The summed E-state index contributed by atoms with van der Waals surface area (Å²) in [6.45, 7) is 0. The number of para-hydroxylation sites is 1. The highest BCUT2D eigenvalue weighted by Crippen LogP contribution is 2.30. The van der Waals surface area contributed by atoms with Crippen LogP contribution in [0.5, 0.6) is 5.75 Å². The van der Waals surface area contributed by atoms with Crippen LogP contribution in [-0.2, 0) is 11.2 Å². The number of hydrogen-bond donors (Lipinski definition) is 2. The number of aliphatic imine (C=N–C) groups is 1. The van der Waals surface area contributed by atoms with Crippen molar-refractivity contribution in [1.82, 2.24) is 5.32 Å². The van der Waals surface area contributed by atoms with Gasteiger partial charge in [0.25, 0.3) is 0 Å². The summed E-state index contributed by atoms with van der Waals surface area (Å²) in [5, 5.41) is 12.6. The molecule has 0 amide bonds. The largest absolute Gasteiger partial charge is 0.496 e. The molecule has 0 aromatic heterocycles. The number of amidine groups is 1. The summed E-state index contributed by atoms with van der Waals surface area (Å²) in [5.74, 6) is 0.883. The summed E-state index contributed by atoms with van der Waals surface area (Å²) >= 11 is 0. The van der Waals surface area contributed by atoms with Crippen molar-refractivity contribution in [2.24, 2.45) is 10.9 Å². The Bertz CT molecular complexity index is 570. The van der Waals surface area contributed by atoms with Crippen LogP contribution in [0.15, 0.2) is 29.3 Å². The second-order valence-electron chi connectivity index (χ2n) is 5.73. The Labute approximate surface area is 124 Å². The van der Waals surface area contributed by atoms with E-state index in [4.69, 9.17) is 14.8 Å². The molecule has 1 aromatic carbocycles. The van der Waals surface area contributed by atoms with Crippen LogP contribution in [0.4, 0.5) is 0 Å². The maximum absolute atomic E-state index is 11.1. The highest BCUT2D eigenvalue weighted by Gasteiger charge is 2.37. The van der Waals surface area contributed by atoms with Crippen molar-refractivity contribution >= 4 is 11.8 Å². The second kappa shape index (κ2) is 5.76. The molecule has 3 rings (SSSR count). The molecule has 0 saturated heterocycles. The van der Waals surface area contributed by atoms with Gasteiger partial charge in [0.15, 0.2) is 0 Å². The standard InChI is InChI=1S/C16H20N2O3/c1-21-14-5-3-2-4-10(14)9-15-17-12-7-6-11(16(19)20)8-13(12)18-15/h2-5,11-13H,6-9H2,1H3,(H,17,18)(H,19,20). The lowest BCUT2D eigenvalue weighted by Crippen LogP contribution is -2.41. The van der Waals surface area contributed by atoms with Gasteiger partial charge in [0.05, 0.1) is 25.1 Å². The lowest BCUT2D eigenvalue weighted by molar-refractivity contribution is -0.143. The minimum Gasteiger partial charge on any atom is -0.496 e. The molecule has 5 heteroatoms. The SMILES string of the molecule is COc1ccccc1CC1=NC2CCC(C(=O)O)CC2N1. The van der Waals surface area contributed by atoms with Gasteiger partial charge in [-0.25, -0.2) is 0 Å². The van der Waals surface area contributed by atoms with E-state index >= 15 is 0 Å². The van der Waals surface area contributed by atoms with Crippen LogP contribution in [-0.4, -0.2) is 36.1 Å². The zero-order valence-electron chi connectivity index (χ0n) is 12.1. The number of carboxylic acid groups (broad SMARTS) is 1.